The van der Waals surface area contributed by atoms with E-state index in [4.69, 9.17) is 4.74 Å². The Hall–Kier alpha value is -2.04. The van der Waals surface area contributed by atoms with Crippen LogP contribution in [-0.4, -0.2) is 25.3 Å². The van der Waals surface area contributed by atoms with Gasteiger partial charge >= 0.3 is 5.97 Å². The molecule has 0 aliphatic carbocycles. The number of carbonyl (C=O) groups is 1. The van der Waals surface area contributed by atoms with Crippen LogP contribution in [0.15, 0.2) is 29.4 Å². The van der Waals surface area contributed by atoms with Crippen molar-refractivity contribution in [1.29, 1.82) is 0 Å². The van der Waals surface area contributed by atoms with E-state index in [-0.39, 0.29) is 11.9 Å². The fourth-order valence-corrected chi connectivity index (χ4v) is 1.57. The molecule has 0 unspecified atom stereocenters. The third-order valence-electron chi connectivity index (χ3n) is 2.67. The first-order valence-corrected chi connectivity index (χ1v) is 5.34. The van der Waals surface area contributed by atoms with E-state index in [1.165, 1.54) is 0 Å². The van der Waals surface area contributed by atoms with Crippen molar-refractivity contribution < 1.29 is 14.4 Å². The Morgan fingerprint density at radius 1 is 1.41 bits per heavy atom. The van der Waals surface area contributed by atoms with E-state index >= 15 is 0 Å². The number of nitrogens with zero attached hydrogens (tertiary/aromatic N) is 1. The van der Waals surface area contributed by atoms with Gasteiger partial charge in [0.05, 0.1) is 12.8 Å². The monoisotopic (exact) mass is 234 g/mol. The molecule has 0 spiro atoms. The number of ether oxygens (including phenoxy) is 1. The normalized spacial score (nSPS) is 18.6. The van der Waals surface area contributed by atoms with Crippen molar-refractivity contribution in [2.45, 2.75) is 6.92 Å². The number of anilines is 1. The highest BCUT2D eigenvalue weighted by atomic mass is 16.7. The van der Waals surface area contributed by atoms with Gasteiger partial charge in [0.1, 0.15) is 11.7 Å². The molecular formula is C12H14N2O3. The van der Waals surface area contributed by atoms with Gasteiger partial charge in [-0.1, -0.05) is 5.16 Å². The van der Waals surface area contributed by atoms with Gasteiger partial charge in [-0.25, -0.2) is 4.79 Å². The maximum Gasteiger partial charge on any atom is 0.345 e. The summed E-state index contributed by atoms with van der Waals surface area (Å²) in [6.07, 6.45) is 0. The zero-order chi connectivity index (χ0) is 12.3. The Balaban J connectivity index is 1.93. The third kappa shape index (κ3) is 2.55. The number of rotatable bonds is 4. The van der Waals surface area contributed by atoms with Crippen LogP contribution in [0, 0.1) is 5.92 Å². The molecule has 1 aromatic carbocycles. The summed E-state index contributed by atoms with van der Waals surface area (Å²) in [7, 11) is 1.62. The first kappa shape index (κ1) is 11.4. The van der Waals surface area contributed by atoms with E-state index in [2.05, 4.69) is 15.3 Å². The van der Waals surface area contributed by atoms with Crippen LogP contribution in [-0.2, 0) is 9.63 Å². The van der Waals surface area contributed by atoms with Crippen LogP contribution in [0.2, 0.25) is 0 Å². The SMILES string of the molecule is COc1ccc(NC[C@H]2C(=O)ON=C2C)cc1. The molecule has 0 saturated heterocycles. The summed E-state index contributed by atoms with van der Waals surface area (Å²) < 4.78 is 5.06. The van der Waals surface area contributed by atoms with Gasteiger partial charge < -0.3 is 14.9 Å². The fourth-order valence-electron chi connectivity index (χ4n) is 1.57. The topological polar surface area (TPSA) is 59.9 Å². The molecule has 0 amide bonds. The first-order chi connectivity index (χ1) is 8.20. The van der Waals surface area contributed by atoms with Gasteiger partial charge in [-0.15, -0.1) is 0 Å². The minimum Gasteiger partial charge on any atom is -0.497 e. The first-order valence-electron chi connectivity index (χ1n) is 5.34. The van der Waals surface area contributed by atoms with Gasteiger partial charge in [0.2, 0.25) is 0 Å². The molecule has 5 heteroatoms. The number of carbonyl (C=O) groups excluding carboxylic acids is 1. The molecule has 1 aliphatic heterocycles. The highest BCUT2D eigenvalue weighted by Crippen LogP contribution is 2.17. The van der Waals surface area contributed by atoms with Crippen molar-refractivity contribution >= 4 is 17.4 Å². The Labute approximate surface area is 99.4 Å². The van der Waals surface area contributed by atoms with Crippen molar-refractivity contribution in [1.82, 2.24) is 0 Å². The van der Waals surface area contributed by atoms with Gasteiger partial charge in [0, 0.05) is 12.2 Å². The summed E-state index contributed by atoms with van der Waals surface area (Å²) in [5.74, 6) is 0.203. The van der Waals surface area contributed by atoms with E-state index in [1.807, 2.05) is 24.3 Å². The Morgan fingerprint density at radius 3 is 2.65 bits per heavy atom. The predicted molar refractivity (Wildman–Crippen MR) is 64.2 cm³/mol. The minimum absolute atomic E-state index is 0.294. The van der Waals surface area contributed by atoms with E-state index in [0.717, 1.165) is 11.4 Å². The molecular weight excluding hydrogens is 220 g/mol. The number of oxime groups is 1. The lowest BCUT2D eigenvalue weighted by Crippen LogP contribution is -2.25. The lowest BCUT2D eigenvalue weighted by atomic mass is 10.1. The average molecular weight is 234 g/mol. The minimum atomic E-state index is -0.302. The molecule has 0 bridgehead atoms. The van der Waals surface area contributed by atoms with Crippen LogP contribution in [0.4, 0.5) is 5.69 Å². The lowest BCUT2D eigenvalue weighted by molar-refractivity contribution is -0.143. The van der Waals surface area contributed by atoms with Crippen molar-refractivity contribution in [3.63, 3.8) is 0 Å². The van der Waals surface area contributed by atoms with Crippen molar-refractivity contribution in [3.8, 4) is 5.75 Å². The Bertz CT molecular complexity index is 440. The number of nitrogens with one attached hydrogen (secondary N) is 1. The molecule has 90 valence electrons. The molecule has 1 heterocycles. The highest BCUT2D eigenvalue weighted by molar-refractivity contribution is 6.04. The zero-order valence-corrected chi connectivity index (χ0v) is 9.77. The summed E-state index contributed by atoms with van der Waals surface area (Å²) >= 11 is 0. The molecule has 5 nitrogen and oxygen atoms in total. The number of methoxy groups -OCH3 is 1. The summed E-state index contributed by atoms with van der Waals surface area (Å²) in [5.41, 5.74) is 1.63. The van der Waals surface area contributed by atoms with Crippen LogP contribution >= 0.6 is 0 Å². The summed E-state index contributed by atoms with van der Waals surface area (Å²) in [6, 6.07) is 7.50. The third-order valence-corrected chi connectivity index (χ3v) is 2.67. The second-order valence-corrected chi connectivity index (χ2v) is 3.80. The van der Waals surface area contributed by atoms with E-state index < -0.39 is 0 Å². The van der Waals surface area contributed by atoms with Crippen molar-refractivity contribution in [2.24, 2.45) is 11.1 Å². The quantitative estimate of drug-likeness (QED) is 0.805. The van der Waals surface area contributed by atoms with Crippen molar-refractivity contribution in [3.05, 3.63) is 24.3 Å². The molecule has 1 N–H and O–H groups in total. The zero-order valence-electron chi connectivity index (χ0n) is 9.77. The largest absolute Gasteiger partial charge is 0.497 e. The number of hydrogen-bond acceptors (Lipinski definition) is 5. The standard InChI is InChI=1S/C12H14N2O3/c1-8-11(12(15)17-14-8)7-13-9-3-5-10(16-2)6-4-9/h3-6,11,13H,7H2,1-2H3/t11-/m1/s1. The van der Waals surface area contributed by atoms with Crippen LogP contribution in [0.3, 0.4) is 0 Å². The predicted octanol–water partition coefficient (Wildman–Crippen LogP) is 1.66. The number of hydrogen-bond donors (Lipinski definition) is 1. The summed E-state index contributed by atoms with van der Waals surface area (Å²) in [6.45, 7) is 2.27. The molecule has 2 rings (SSSR count). The lowest BCUT2D eigenvalue weighted by Gasteiger charge is -2.10. The second-order valence-electron chi connectivity index (χ2n) is 3.80. The Kier molecular flexibility index (Phi) is 3.27. The maximum absolute atomic E-state index is 11.3. The molecule has 1 aromatic rings. The number of benzene rings is 1. The molecule has 1 atom stereocenters. The van der Waals surface area contributed by atoms with Gasteiger partial charge in [-0.2, -0.15) is 0 Å². The van der Waals surface area contributed by atoms with E-state index in [1.54, 1.807) is 14.0 Å². The summed E-state index contributed by atoms with van der Waals surface area (Å²) in [4.78, 5) is 15.9. The van der Waals surface area contributed by atoms with Gasteiger partial charge in [-0.3, -0.25) is 0 Å². The molecule has 17 heavy (non-hydrogen) atoms. The fraction of sp³-hybridized carbons (Fsp3) is 0.333. The highest BCUT2D eigenvalue weighted by Gasteiger charge is 2.29. The van der Waals surface area contributed by atoms with Gasteiger partial charge in [0.15, 0.2) is 0 Å². The maximum atomic E-state index is 11.3. The average Bonchev–Trinajstić information content (AvgIpc) is 2.67. The van der Waals surface area contributed by atoms with E-state index in [9.17, 15) is 4.79 Å². The Morgan fingerprint density at radius 2 is 2.12 bits per heavy atom. The molecule has 0 saturated carbocycles. The second kappa shape index (κ2) is 4.86. The van der Waals surface area contributed by atoms with Crippen LogP contribution < -0.4 is 10.1 Å². The van der Waals surface area contributed by atoms with Crippen LogP contribution in [0.5, 0.6) is 5.75 Å². The van der Waals surface area contributed by atoms with Crippen LogP contribution in [0.1, 0.15) is 6.92 Å². The van der Waals surface area contributed by atoms with Crippen molar-refractivity contribution in [2.75, 3.05) is 19.0 Å². The smallest absolute Gasteiger partial charge is 0.345 e. The van der Waals surface area contributed by atoms with E-state index in [0.29, 0.717) is 12.3 Å². The van der Waals surface area contributed by atoms with Gasteiger partial charge in [0.25, 0.3) is 0 Å². The molecule has 0 radical (unpaired) electrons. The molecule has 1 aliphatic rings. The van der Waals surface area contributed by atoms with Crippen LogP contribution in [0.25, 0.3) is 0 Å². The molecule has 0 fully saturated rings. The summed E-state index contributed by atoms with van der Waals surface area (Å²) in [5, 5.41) is 6.81. The van der Waals surface area contributed by atoms with Gasteiger partial charge in [-0.05, 0) is 31.2 Å². The molecule has 0 aromatic heterocycles.